The van der Waals surface area contributed by atoms with E-state index >= 15 is 0 Å². The first-order valence-corrected chi connectivity index (χ1v) is 2.77. The van der Waals surface area contributed by atoms with E-state index in [4.69, 9.17) is 16.6 Å². The number of hydrogen-bond donors (Lipinski definition) is 3. The quantitative estimate of drug-likeness (QED) is 0.445. The zero-order valence-corrected chi connectivity index (χ0v) is 5.37. The summed E-state index contributed by atoms with van der Waals surface area (Å²) in [5.74, 6) is -1.01. The molecule has 0 fully saturated rings. The second-order valence-electron chi connectivity index (χ2n) is 2.15. The Balaban J connectivity index is 3.50. The molecule has 0 radical (unpaired) electrons. The second kappa shape index (κ2) is 3.42. The number of hydrogen-bond acceptors (Lipinski definition) is 3. The highest BCUT2D eigenvalue weighted by Gasteiger charge is 2.11. The maximum atomic E-state index is 10.0. The second-order valence-corrected chi connectivity index (χ2v) is 2.15. The van der Waals surface area contributed by atoms with Crippen molar-refractivity contribution in [3.63, 3.8) is 0 Å². The Morgan fingerprint density at radius 1 is 1.67 bits per heavy atom. The third-order valence-corrected chi connectivity index (χ3v) is 1.15. The minimum Gasteiger partial charge on any atom is -0.481 e. The van der Waals surface area contributed by atoms with Crippen LogP contribution in [0.5, 0.6) is 0 Å². The molecule has 54 valence electrons. The van der Waals surface area contributed by atoms with Crippen molar-refractivity contribution in [3.8, 4) is 0 Å². The number of carbonyl (C=O) groups is 1. The SMILES string of the molecule is CC(CC(=O)O)C(N)N. The predicted octanol–water partition coefficient (Wildman–Crippen LogP) is -0.659. The van der Waals surface area contributed by atoms with Gasteiger partial charge >= 0.3 is 5.97 Å². The highest BCUT2D eigenvalue weighted by Crippen LogP contribution is 2.00. The van der Waals surface area contributed by atoms with E-state index in [2.05, 4.69) is 0 Å². The van der Waals surface area contributed by atoms with Gasteiger partial charge in [-0.2, -0.15) is 0 Å². The van der Waals surface area contributed by atoms with Crippen LogP contribution in [0.25, 0.3) is 0 Å². The van der Waals surface area contributed by atoms with Crippen molar-refractivity contribution in [2.75, 3.05) is 0 Å². The first-order valence-electron chi connectivity index (χ1n) is 2.77. The Kier molecular flexibility index (Phi) is 3.19. The number of carboxylic acid groups (broad SMARTS) is 1. The average Bonchev–Trinajstić information content (AvgIpc) is 1.63. The minimum atomic E-state index is -0.858. The standard InChI is InChI=1S/C5H12N2O2/c1-3(5(6)7)2-4(8)9/h3,5H,2,6-7H2,1H3,(H,8,9). The lowest BCUT2D eigenvalue weighted by atomic mass is 10.1. The topological polar surface area (TPSA) is 89.3 Å². The maximum Gasteiger partial charge on any atom is 0.303 e. The molecule has 0 aromatic heterocycles. The molecule has 9 heavy (non-hydrogen) atoms. The molecule has 5 N–H and O–H groups in total. The van der Waals surface area contributed by atoms with Gasteiger partial charge in [-0.25, -0.2) is 0 Å². The smallest absolute Gasteiger partial charge is 0.303 e. The van der Waals surface area contributed by atoms with Crippen LogP contribution in [0.3, 0.4) is 0 Å². The van der Waals surface area contributed by atoms with Gasteiger partial charge in [0.25, 0.3) is 0 Å². The molecule has 0 heterocycles. The van der Waals surface area contributed by atoms with Gasteiger partial charge < -0.3 is 16.6 Å². The highest BCUT2D eigenvalue weighted by molar-refractivity contribution is 5.67. The summed E-state index contributed by atoms with van der Waals surface area (Å²) in [5.41, 5.74) is 10.4. The van der Waals surface area contributed by atoms with E-state index in [0.717, 1.165) is 0 Å². The molecule has 0 aliphatic rings. The van der Waals surface area contributed by atoms with Crippen LogP contribution >= 0.6 is 0 Å². The maximum absolute atomic E-state index is 10.0. The third-order valence-electron chi connectivity index (χ3n) is 1.15. The van der Waals surface area contributed by atoms with E-state index in [1.165, 1.54) is 0 Å². The van der Waals surface area contributed by atoms with Gasteiger partial charge in [-0.3, -0.25) is 4.79 Å². The molecule has 0 amide bonds. The van der Waals surface area contributed by atoms with E-state index in [1.807, 2.05) is 0 Å². The summed E-state index contributed by atoms with van der Waals surface area (Å²) in [5, 5.41) is 8.22. The number of aliphatic carboxylic acids is 1. The fourth-order valence-electron chi connectivity index (χ4n) is 0.412. The van der Waals surface area contributed by atoms with Crippen LogP contribution < -0.4 is 11.5 Å². The molecular formula is C5H12N2O2. The summed E-state index contributed by atoms with van der Waals surface area (Å²) in [7, 11) is 0. The Morgan fingerprint density at radius 3 is 2.22 bits per heavy atom. The minimum absolute atomic E-state index is 0.0394. The Bertz CT molecular complexity index is 103. The molecular weight excluding hydrogens is 120 g/mol. The van der Waals surface area contributed by atoms with Crippen molar-refractivity contribution in [2.45, 2.75) is 19.5 Å². The van der Waals surface area contributed by atoms with E-state index in [0.29, 0.717) is 0 Å². The molecule has 0 bridgehead atoms. The summed E-state index contributed by atoms with van der Waals surface area (Å²) in [4.78, 5) is 10.0. The first-order chi connectivity index (χ1) is 4.04. The zero-order valence-electron chi connectivity index (χ0n) is 5.37. The van der Waals surface area contributed by atoms with Crippen LogP contribution in [0.4, 0.5) is 0 Å². The molecule has 0 saturated carbocycles. The number of nitrogens with two attached hydrogens (primary N) is 2. The summed E-state index contributed by atoms with van der Waals surface area (Å²) in [6, 6.07) is 0. The van der Waals surface area contributed by atoms with E-state index in [-0.39, 0.29) is 12.3 Å². The molecule has 0 aliphatic heterocycles. The average molecular weight is 132 g/mol. The lowest BCUT2D eigenvalue weighted by Gasteiger charge is -2.11. The number of carboxylic acids is 1. The molecule has 1 unspecified atom stereocenters. The van der Waals surface area contributed by atoms with Crippen LogP contribution in [0.2, 0.25) is 0 Å². The largest absolute Gasteiger partial charge is 0.481 e. The van der Waals surface area contributed by atoms with E-state index in [1.54, 1.807) is 6.92 Å². The Labute approximate surface area is 53.8 Å². The summed E-state index contributed by atoms with van der Waals surface area (Å²) in [6.45, 7) is 1.71. The van der Waals surface area contributed by atoms with Crippen LogP contribution in [-0.4, -0.2) is 17.2 Å². The van der Waals surface area contributed by atoms with Crippen molar-refractivity contribution in [2.24, 2.45) is 17.4 Å². The summed E-state index contributed by atoms with van der Waals surface area (Å²) < 4.78 is 0. The summed E-state index contributed by atoms with van der Waals surface area (Å²) >= 11 is 0. The van der Waals surface area contributed by atoms with Gasteiger partial charge in [-0.05, 0) is 5.92 Å². The third kappa shape index (κ3) is 3.93. The van der Waals surface area contributed by atoms with E-state index < -0.39 is 12.1 Å². The van der Waals surface area contributed by atoms with Gasteiger partial charge in [0, 0.05) is 0 Å². The van der Waals surface area contributed by atoms with Gasteiger partial charge in [0.1, 0.15) is 0 Å². The monoisotopic (exact) mass is 132 g/mol. The molecule has 4 nitrogen and oxygen atoms in total. The fraction of sp³-hybridized carbons (Fsp3) is 0.800. The van der Waals surface area contributed by atoms with Crippen molar-refractivity contribution in [1.82, 2.24) is 0 Å². The lowest BCUT2D eigenvalue weighted by molar-refractivity contribution is -0.138. The van der Waals surface area contributed by atoms with Gasteiger partial charge in [0.2, 0.25) is 0 Å². The van der Waals surface area contributed by atoms with Crippen LogP contribution in [0.1, 0.15) is 13.3 Å². The van der Waals surface area contributed by atoms with Crippen LogP contribution in [0.15, 0.2) is 0 Å². The van der Waals surface area contributed by atoms with Crippen LogP contribution in [0, 0.1) is 5.92 Å². The van der Waals surface area contributed by atoms with E-state index in [9.17, 15) is 4.79 Å². The fourth-order valence-corrected chi connectivity index (χ4v) is 0.412. The predicted molar refractivity (Wildman–Crippen MR) is 33.6 cm³/mol. The molecule has 1 atom stereocenters. The van der Waals surface area contributed by atoms with Crippen molar-refractivity contribution in [1.29, 1.82) is 0 Å². The lowest BCUT2D eigenvalue weighted by Crippen LogP contribution is -2.38. The van der Waals surface area contributed by atoms with Gasteiger partial charge in [0.05, 0.1) is 12.6 Å². The molecule has 0 aromatic rings. The highest BCUT2D eigenvalue weighted by atomic mass is 16.4. The van der Waals surface area contributed by atoms with Crippen molar-refractivity contribution in [3.05, 3.63) is 0 Å². The van der Waals surface area contributed by atoms with Crippen molar-refractivity contribution >= 4 is 5.97 Å². The Hall–Kier alpha value is -0.610. The van der Waals surface area contributed by atoms with Gasteiger partial charge in [0.15, 0.2) is 0 Å². The molecule has 0 rings (SSSR count). The molecule has 0 spiro atoms. The Morgan fingerprint density at radius 2 is 2.11 bits per heavy atom. The van der Waals surface area contributed by atoms with Crippen molar-refractivity contribution < 1.29 is 9.90 Å². The molecule has 4 heteroatoms. The number of rotatable bonds is 3. The molecule has 0 aliphatic carbocycles. The van der Waals surface area contributed by atoms with Crippen LogP contribution in [-0.2, 0) is 4.79 Å². The molecule has 0 saturated heterocycles. The normalized spacial score (nSPS) is 13.8. The van der Waals surface area contributed by atoms with Gasteiger partial charge in [-0.1, -0.05) is 6.92 Å². The summed E-state index contributed by atoms with van der Waals surface area (Å²) in [6.07, 6.45) is -0.487. The molecule has 0 aromatic carbocycles. The first kappa shape index (κ1) is 8.39. The zero-order chi connectivity index (χ0) is 7.44. The van der Waals surface area contributed by atoms with Gasteiger partial charge in [-0.15, -0.1) is 0 Å².